The molecule has 0 amide bonds. The summed E-state index contributed by atoms with van der Waals surface area (Å²) in [6.07, 6.45) is -0.174. The molecule has 0 saturated carbocycles. The van der Waals surface area contributed by atoms with Crippen LogP contribution in [0.15, 0.2) is 97.1 Å². The van der Waals surface area contributed by atoms with Crippen LogP contribution in [0.5, 0.6) is 11.5 Å². The zero-order valence-corrected chi connectivity index (χ0v) is 26.3. The van der Waals surface area contributed by atoms with Gasteiger partial charge in [0.2, 0.25) is 5.78 Å². The highest BCUT2D eigenvalue weighted by Crippen LogP contribution is 2.36. The van der Waals surface area contributed by atoms with E-state index in [-0.39, 0.29) is 37.1 Å². The van der Waals surface area contributed by atoms with Crippen LogP contribution in [0.2, 0.25) is 5.04 Å². The molecule has 0 heterocycles. The first kappa shape index (κ1) is 33.4. The highest BCUT2D eigenvalue weighted by molar-refractivity contribution is 6.99. The number of Topliss-reactive ketones (excluding diaryl/α,β-unsaturated/α-hetero) is 2. The van der Waals surface area contributed by atoms with Crippen molar-refractivity contribution in [3.8, 4) is 11.5 Å². The van der Waals surface area contributed by atoms with Gasteiger partial charge < -0.3 is 24.2 Å². The summed E-state index contributed by atoms with van der Waals surface area (Å²) in [5.41, 5.74) is 9.60. The number of nitrogens with zero attached hydrogens (tertiary/aromatic N) is 2. The topological polar surface area (TPSA) is 107 Å². The van der Waals surface area contributed by atoms with Crippen molar-refractivity contribution < 1.29 is 33.0 Å². The first-order chi connectivity index (χ1) is 20.6. The summed E-state index contributed by atoms with van der Waals surface area (Å²) >= 11 is 0. The van der Waals surface area contributed by atoms with Gasteiger partial charge in [-0.2, -0.15) is 4.79 Å². The van der Waals surface area contributed by atoms with Gasteiger partial charge in [0.05, 0.1) is 26.7 Å². The summed E-state index contributed by atoms with van der Waals surface area (Å²) in [5, 5.41) is 1.75. The molecule has 0 aliphatic heterocycles. The van der Waals surface area contributed by atoms with Gasteiger partial charge in [-0.15, -0.1) is 0 Å². The summed E-state index contributed by atoms with van der Waals surface area (Å²) in [6.45, 7) is 10.6. The van der Waals surface area contributed by atoms with Crippen LogP contribution in [0.4, 0.5) is 0 Å². The summed E-state index contributed by atoms with van der Waals surface area (Å²) in [6, 6.07) is 27.2. The third-order valence-electron chi connectivity index (χ3n) is 7.07. The van der Waals surface area contributed by atoms with E-state index in [0.29, 0.717) is 12.2 Å². The van der Waals surface area contributed by atoms with Gasteiger partial charge in [0, 0.05) is 0 Å². The lowest BCUT2D eigenvalue weighted by Crippen LogP contribution is -2.67. The maximum Gasteiger partial charge on any atom is 0.323 e. The molecule has 3 aromatic rings. The van der Waals surface area contributed by atoms with Crippen molar-refractivity contribution in [3.05, 3.63) is 103 Å². The molecule has 0 aromatic heterocycles. The van der Waals surface area contributed by atoms with Crippen LogP contribution < -0.4 is 19.8 Å². The molecule has 0 radical (unpaired) electrons. The number of methoxy groups -OCH3 is 1. The summed E-state index contributed by atoms with van der Waals surface area (Å²) < 4.78 is 23.6. The Morgan fingerprint density at radius 1 is 0.907 bits per heavy atom. The van der Waals surface area contributed by atoms with Crippen LogP contribution >= 0.6 is 0 Å². The Morgan fingerprint density at radius 2 is 1.47 bits per heavy atom. The minimum atomic E-state index is -2.98. The highest BCUT2D eigenvalue weighted by atomic mass is 28.4. The van der Waals surface area contributed by atoms with Crippen LogP contribution in [-0.4, -0.2) is 63.9 Å². The molecular formula is C34H40N2O6Si. The Balaban J connectivity index is 1.73. The quantitative estimate of drug-likeness (QED) is 0.0724. The molecule has 0 fully saturated rings. The molecule has 0 spiro atoms. The van der Waals surface area contributed by atoms with Gasteiger partial charge in [0.1, 0.15) is 24.2 Å². The molecule has 0 aliphatic carbocycles. The van der Waals surface area contributed by atoms with Crippen molar-refractivity contribution in [3.63, 3.8) is 0 Å². The third-order valence-corrected chi connectivity index (χ3v) is 12.1. The molecule has 0 N–H and O–H groups in total. The van der Waals surface area contributed by atoms with Crippen LogP contribution in [0.1, 0.15) is 33.6 Å². The van der Waals surface area contributed by atoms with Gasteiger partial charge in [0.25, 0.3) is 8.32 Å². The minimum Gasteiger partial charge on any atom is -0.497 e. The molecule has 8 nitrogen and oxygen atoms in total. The largest absolute Gasteiger partial charge is 0.497 e. The SMILES string of the molecule is C=C(CCO[C@@H](CC(=O)C=[N+]=[N-])C(=O)CO[Si](c1ccccc1)(c1ccccc1)C(C)(C)C)COc1ccc(OC)cc1. The lowest BCUT2D eigenvalue weighted by Gasteiger charge is -2.43. The second-order valence-corrected chi connectivity index (χ2v) is 15.5. The van der Waals surface area contributed by atoms with Crippen molar-refractivity contribution in [2.75, 3.05) is 26.9 Å². The van der Waals surface area contributed by atoms with E-state index in [2.05, 4.69) is 32.1 Å². The fourth-order valence-electron chi connectivity index (χ4n) is 4.87. The summed E-state index contributed by atoms with van der Waals surface area (Å²) in [4.78, 5) is 28.8. The average Bonchev–Trinajstić information content (AvgIpc) is 3.00. The molecule has 0 aliphatic rings. The zero-order chi connectivity index (χ0) is 31.3. The Morgan fingerprint density at radius 3 is 1.98 bits per heavy atom. The lowest BCUT2D eigenvalue weighted by molar-refractivity contribution is -0.136. The van der Waals surface area contributed by atoms with E-state index >= 15 is 0 Å². The highest BCUT2D eigenvalue weighted by Gasteiger charge is 2.50. The maximum absolute atomic E-state index is 13.6. The van der Waals surface area contributed by atoms with Crippen LogP contribution in [0, 0.1) is 0 Å². The first-order valence-electron chi connectivity index (χ1n) is 14.1. The molecule has 3 aromatic carbocycles. The standard InChI is InChI=1S/C34H40N2O6Si/c1-26(24-41-29-18-16-28(39-5)17-19-29)20-21-40-33(22-27(37)23-36-35)32(38)25-42-43(34(2,3)4,30-12-8-6-9-13-30)31-14-10-7-11-15-31/h6-19,23,33H,1,20-22,24-25H2,2-5H3/t33-/m0/s1. The van der Waals surface area contributed by atoms with E-state index in [4.69, 9.17) is 24.2 Å². The minimum absolute atomic E-state index is 0.143. The predicted molar refractivity (Wildman–Crippen MR) is 170 cm³/mol. The molecule has 0 saturated heterocycles. The number of ether oxygens (including phenoxy) is 3. The number of hydrogen-bond acceptors (Lipinski definition) is 6. The van der Waals surface area contributed by atoms with Crippen LogP contribution in [0.25, 0.3) is 5.53 Å². The number of rotatable bonds is 17. The van der Waals surface area contributed by atoms with Crippen molar-refractivity contribution in [1.82, 2.24) is 0 Å². The molecule has 0 bridgehead atoms. The van der Waals surface area contributed by atoms with Gasteiger partial charge in [-0.1, -0.05) is 88.0 Å². The number of benzene rings is 3. The average molecular weight is 601 g/mol. The summed E-state index contributed by atoms with van der Waals surface area (Å²) in [7, 11) is -1.38. The van der Waals surface area contributed by atoms with Crippen molar-refractivity contribution in [2.45, 2.75) is 44.8 Å². The Labute approximate surface area is 255 Å². The van der Waals surface area contributed by atoms with Gasteiger partial charge in [-0.25, -0.2) is 0 Å². The van der Waals surface area contributed by atoms with E-state index in [1.807, 2.05) is 60.7 Å². The van der Waals surface area contributed by atoms with Crippen molar-refractivity contribution in [1.29, 1.82) is 0 Å². The van der Waals surface area contributed by atoms with Crippen molar-refractivity contribution in [2.24, 2.45) is 0 Å². The smallest absolute Gasteiger partial charge is 0.323 e. The Kier molecular flexibility index (Phi) is 12.3. The Bertz CT molecular complexity index is 1360. The van der Waals surface area contributed by atoms with Gasteiger partial charge in [0.15, 0.2) is 5.78 Å². The second-order valence-electron chi connectivity index (χ2n) is 11.2. The maximum atomic E-state index is 13.6. The van der Waals surface area contributed by atoms with E-state index in [9.17, 15) is 9.59 Å². The van der Waals surface area contributed by atoms with Crippen LogP contribution in [0.3, 0.4) is 0 Å². The number of carbonyl (C=O) groups excluding carboxylic acids is 2. The molecule has 1 atom stereocenters. The number of hydrogen-bond donors (Lipinski definition) is 0. The fourth-order valence-corrected chi connectivity index (χ4v) is 9.39. The fraction of sp³-hybridized carbons (Fsp3) is 0.324. The predicted octanol–water partition coefficient (Wildman–Crippen LogP) is 4.81. The molecule has 3 rings (SSSR count). The first-order valence-corrected chi connectivity index (χ1v) is 16.0. The Hall–Kier alpha value is -4.14. The molecule has 9 heteroatoms. The monoisotopic (exact) mass is 600 g/mol. The van der Waals surface area contributed by atoms with E-state index in [1.165, 1.54) is 0 Å². The number of ketones is 2. The van der Waals surface area contributed by atoms with E-state index in [0.717, 1.165) is 27.9 Å². The summed E-state index contributed by atoms with van der Waals surface area (Å²) in [5.74, 6) is 0.501. The van der Waals surface area contributed by atoms with Crippen LogP contribution in [-0.2, 0) is 18.8 Å². The normalized spacial score (nSPS) is 12.1. The molecular weight excluding hydrogens is 560 g/mol. The number of carbonyl (C=O) groups is 2. The molecule has 226 valence electrons. The molecule has 0 unspecified atom stereocenters. The van der Waals surface area contributed by atoms with Gasteiger partial charge in [-0.05, 0) is 51.7 Å². The molecule has 43 heavy (non-hydrogen) atoms. The van der Waals surface area contributed by atoms with Crippen molar-refractivity contribution >= 4 is 36.5 Å². The third kappa shape index (κ3) is 9.17. The lowest BCUT2D eigenvalue weighted by atomic mass is 10.1. The second kappa shape index (κ2) is 15.9. The zero-order valence-electron chi connectivity index (χ0n) is 25.3. The van der Waals surface area contributed by atoms with E-state index < -0.39 is 20.2 Å². The van der Waals surface area contributed by atoms with Gasteiger partial charge in [-0.3, -0.25) is 9.59 Å². The van der Waals surface area contributed by atoms with Gasteiger partial charge >= 0.3 is 6.21 Å². The van der Waals surface area contributed by atoms with E-state index in [1.54, 1.807) is 31.4 Å².